The molecule has 1 aliphatic rings. The van der Waals surface area contributed by atoms with Crippen LogP contribution in [0.2, 0.25) is 0 Å². The first-order valence-corrected chi connectivity index (χ1v) is 6.17. The van der Waals surface area contributed by atoms with Gasteiger partial charge in [-0.2, -0.15) is 0 Å². The molecule has 2 rings (SSSR count). The molecule has 2 nitrogen and oxygen atoms in total. The van der Waals surface area contributed by atoms with Crippen molar-refractivity contribution in [2.24, 2.45) is 0 Å². The molecule has 0 bridgehead atoms. The van der Waals surface area contributed by atoms with Gasteiger partial charge in [-0.1, -0.05) is 18.2 Å². The molecule has 88 valence electrons. The predicted molar refractivity (Wildman–Crippen MR) is 68.7 cm³/mol. The zero-order valence-electron chi connectivity index (χ0n) is 10.6. The van der Waals surface area contributed by atoms with Gasteiger partial charge < -0.3 is 5.32 Å². The summed E-state index contributed by atoms with van der Waals surface area (Å²) in [4.78, 5) is 2.56. The van der Waals surface area contributed by atoms with E-state index in [1.807, 2.05) is 0 Å². The summed E-state index contributed by atoms with van der Waals surface area (Å²) in [6, 6.07) is 7.47. The fraction of sp³-hybridized carbons (Fsp3) is 0.571. The van der Waals surface area contributed by atoms with Crippen LogP contribution in [-0.2, 0) is 6.54 Å². The topological polar surface area (TPSA) is 15.3 Å². The number of benzene rings is 1. The van der Waals surface area contributed by atoms with E-state index in [1.165, 1.54) is 16.7 Å². The largest absolute Gasteiger partial charge is 0.314 e. The Morgan fingerprint density at radius 3 is 2.81 bits per heavy atom. The van der Waals surface area contributed by atoms with Crippen LogP contribution in [0.15, 0.2) is 18.2 Å². The van der Waals surface area contributed by atoms with Gasteiger partial charge in [-0.15, -0.1) is 0 Å². The van der Waals surface area contributed by atoms with Crippen molar-refractivity contribution in [1.29, 1.82) is 0 Å². The Kier molecular flexibility index (Phi) is 3.62. The lowest BCUT2D eigenvalue weighted by Crippen LogP contribution is -2.49. The summed E-state index contributed by atoms with van der Waals surface area (Å²) >= 11 is 0. The molecule has 1 N–H and O–H groups in total. The summed E-state index contributed by atoms with van der Waals surface area (Å²) in [5.74, 6) is 0. The molecule has 1 aromatic carbocycles. The quantitative estimate of drug-likeness (QED) is 0.818. The third-order valence-electron chi connectivity index (χ3n) is 3.60. The lowest BCUT2D eigenvalue weighted by molar-refractivity contribution is 0.165. The molecule has 1 atom stereocenters. The molecule has 1 aliphatic heterocycles. The van der Waals surface area contributed by atoms with Crippen molar-refractivity contribution < 1.29 is 0 Å². The number of piperazine rings is 1. The van der Waals surface area contributed by atoms with Crippen molar-refractivity contribution in [1.82, 2.24) is 10.2 Å². The average molecular weight is 218 g/mol. The van der Waals surface area contributed by atoms with Gasteiger partial charge in [-0.25, -0.2) is 0 Å². The van der Waals surface area contributed by atoms with Crippen molar-refractivity contribution in [3.05, 3.63) is 34.9 Å². The van der Waals surface area contributed by atoms with Crippen LogP contribution in [0.1, 0.15) is 23.6 Å². The highest BCUT2D eigenvalue weighted by Crippen LogP contribution is 2.14. The Morgan fingerprint density at radius 1 is 1.31 bits per heavy atom. The molecule has 1 heterocycles. The molecule has 0 aromatic heterocycles. The number of nitrogens with one attached hydrogen (secondary N) is 1. The highest BCUT2D eigenvalue weighted by molar-refractivity contribution is 5.29. The molecule has 0 saturated carbocycles. The summed E-state index contributed by atoms with van der Waals surface area (Å²) in [6.45, 7) is 11.2. The second-order valence-corrected chi connectivity index (χ2v) is 4.94. The highest BCUT2D eigenvalue weighted by Gasteiger charge is 2.17. The summed E-state index contributed by atoms with van der Waals surface area (Å²) < 4.78 is 0. The van der Waals surface area contributed by atoms with E-state index in [4.69, 9.17) is 0 Å². The van der Waals surface area contributed by atoms with Gasteiger partial charge >= 0.3 is 0 Å². The van der Waals surface area contributed by atoms with Crippen LogP contribution < -0.4 is 5.32 Å². The van der Waals surface area contributed by atoms with E-state index < -0.39 is 0 Å². The van der Waals surface area contributed by atoms with Gasteiger partial charge in [0, 0.05) is 32.2 Å². The fourth-order valence-electron chi connectivity index (χ4n) is 2.25. The van der Waals surface area contributed by atoms with Crippen LogP contribution in [0.5, 0.6) is 0 Å². The minimum atomic E-state index is 0.648. The van der Waals surface area contributed by atoms with Crippen molar-refractivity contribution in [3.8, 4) is 0 Å². The lowest BCUT2D eigenvalue weighted by atomic mass is 10.1. The van der Waals surface area contributed by atoms with E-state index in [1.54, 1.807) is 0 Å². The number of rotatable bonds is 2. The lowest BCUT2D eigenvalue weighted by Gasteiger charge is -2.34. The third kappa shape index (κ3) is 2.63. The maximum atomic E-state index is 3.43. The van der Waals surface area contributed by atoms with Crippen molar-refractivity contribution in [2.45, 2.75) is 33.4 Å². The van der Waals surface area contributed by atoms with Crippen molar-refractivity contribution >= 4 is 0 Å². The minimum absolute atomic E-state index is 0.648. The Bertz CT molecular complexity index is 360. The third-order valence-corrected chi connectivity index (χ3v) is 3.60. The molecule has 16 heavy (non-hydrogen) atoms. The first-order valence-electron chi connectivity index (χ1n) is 6.17. The smallest absolute Gasteiger partial charge is 0.0237 e. The normalized spacial score (nSPS) is 22.3. The summed E-state index contributed by atoms with van der Waals surface area (Å²) in [6.07, 6.45) is 0. The molecule has 1 aromatic rings. The van der Waals surface area contributed by atoms with Gasteiger partial charge in [0.2, 0.25) is 0 Å². The van der Waals surface area contributed by atoms with Gasteiger partial charge in [-0.3, -0.25) is 4.90 Å². The van der Waals surface area contributed by atoms with Gasteiger partial charge in [-0.05, 0) is 37.5 Å². The van der Waals surface area contributed by atoms with Crippen LogP contribution in [-0.4, -0.2) is 30.6 Å². The maximum Gasteiger partial charge on any atom is 0.0237 e. The standard InChI is InChI=1S/C14H22N2/c1-11-4-5-14(8-12(11)2)10-16-7-6-15-9-13(16)3/h4-5,8,13,15H,6-7,9-10H2,1-3H3. The zero-order chi connectivity index (χ0) is 11.5. The van der Waals surface area contributed by atoms with E-state index in [0.29, 0.717) is 6.04 Å². The number of aryl methyl sites for hydroxylation is 2. The number of hydrogen-bond donors (Lipinski definition) is 1. The molecular formula is C14H22N2. The first kappa shape index (κ1) is 11.6. The average Bonchev–Trinajstić information content (AvgIpc) is 2.27. The summed E-state index contributed by atoms with van der Waals surface area (Å²) in [5, 5.41) is 3.43. The molecule has 1 unspecified atom stereocenters. The summed E-state index contributed by atoms with van der Waals surface area (Å²) in [7, 11) is 0. The van der Waals surface area contributed by atoms with Crippen LogP contribution in [0.25, 0.3) is 0 Å². The van der Waals surface area contributed by atoms with Crippen LogP contribution in [0.4, 0.5) is 0 Å². The maximum absolute atomic E-state index is 3.43. The number of hydrogen-bond acceptors (Lipinski definition) is 2. The van der Waals surface area contributed by atoms with E-state index in [2.05, 4.69) is 49.2 Å². The van der Waals surface area contributed by atoms with Crippen molar-refractivity contribution in [3.63, 3.8) is 0 Å². The second kappa shape index (κ2) is 4.98. The van der Waals surface area contributed by atoms with Gasteiger partial charge in [0.15, 0.2) is 0 Å². The first-order chi connectivity index (χ1) is 7.66. The SMILES string of the molecule is Cc1ccc(CN2CCNCC2C)cc1C. The van der Waals surface area contributed by atoms with Gasteiger partial charge in [0.25, 0.3) is 0 Å². The second-order valence-electron chi connectivity index (χ2n) is 4.94. The summed E-state index contributed by atoms with van der Waals surface area (Å²) in [5.41, 5.74) is 4.23. The van der Waals surface area contributed by atoms with E-state index in [0.717, 1.165) is 26.2 Å². The Hall–Kier alpha value is -0.860. The van der Waals surface area contributed by atoms with Gasteiger partial charge in [0.1, 0.15) is 0 Å². The zero-order valence-corrected chi connectivity index (χ0v) is 10.6. The van der Waals surface area contributed by atoms with E-state index in [9.17, 15) is 0 Å². The molecular weight excluding hydrogens is 196 g/mol. The van der Waals surface area contributed by atoms with E-state index in [-0.39, 0.29) is 0 Å². The molecule has 0 spiro atoms. The van der Waals surface area contributed by atoms with Crippen LogP contribution >= 0.6 is 0 Å². The molecule has 1 fully saturated rings. The fourth-order valence-corrected chi connectivity index (χ4v) is 2.25. The van der Waals surface area contributed by atoms with Gasteiger partial charge in [0.05, 0.1) is 0 Å². The minimum Gasteiger partial charge on any atom is -0.314 e. The molecule has 0 aliphatic carbocycles. The predicted octanol–water partition coefficient (Wildman–Crippen LogP) is 2.10. The molecule has 2 heteroatoms. The monoisotopic (exact) mass is 218 g/mol. The Morgan fingerprint density at radius 2 is 2.12 bits per heavy atom. The molecule has 0 amide bonds. The van der Waals surface area contributed by atoms with Crippen molar-refractivity contribution in [2.75, 3.05) is 19.6 Å². The Labute approximate surface area is 98.7 Å². The molecule has 0 radical (unpaired) electrons. The molecule has 1 saturated heterocycles. The van der Waals surface area contributed by atoms with Crippen LogP contribution in [0, 0.1) is 13.8 Å². The Balaban J connectivity index is 2.05. The number of nitrogens with zero attached hydrogens (tertiary/aromatic N) is 1. The van der Waals surface area contributed by atoms with Crippen LogP contribution in [0.3, 0.4) is 0 Å². The van der Waals surface area contributed by atoms with E-state index >= 15 is 0 Å². The highest BCUT2D eigenvalue weighted by atomic mass is 15.2.